The number of hydroxylamine groups is 1. The first-order valence-corrected chi connectivity index (χ1v) is 5.26. The number of amides is 1. The SMILES string of the molecule is CCCC(CCN)CCC(=O)NOC. The summed E-state index contributed by atoms with van der Waals surface area (Å²) in [5.41, 5.74) is 7.81. The zero-order valence-corrected chi connectivity index (χ0v) is 9.21. The lowest BCUT2D eigenvalue weighted by Crippen LogP contribution is -2.22. The van der Waals surface area contributed by atoms with Crippen molar-refractivity contribution in [3.63, 3.8) is 0 Å². The second kappa shape index (κ2) is 8.97. The average Bonchev–Trinajstić information content (AvgIpc) is 2.15. The summed E-state index contributed by atoms with van der Waals surface area (Å²) in [5.74, 6) is 0.526. The van der Waals surface area contributed by atoms with Crippen molar-refractivity contribution in [1.82, 2.24) is 5.48 Å². The zero-order valence-electron chi connectivity index (χ0n) is 9.21. The van der Waals surface area contributed by atoms with Gasteiger partial charge >= 0.3 is 0 Å². The normalized spacial score (nSPS) is 12.5. The monoisotopic (exact) mass is 202 g/mol. The first-order chi connectivity index (χ1) is 6.74. The molecule has 0 bridgehead atoms. The highest BCUT2D eigenvalue weighted by atomic mass is 16.6. The number of hydrogen-bond acceptors (Lipinski definition) is 3. The highest BCUT2D eigenvalue weighted by Gasteiger charge is 2.09. The molecule has 0 aliphatic carbocycles. The summed E-state index contributed by atoms with van der Waals surface area (Å²) < 4.78 is 0. The number of nitrogens with one attached hydrogen (secondary N) is 1. The van der Waals surface area contributed by atoms with Gasteiger partial charge < -0.3 is 5.73 Å². The minimum atomic E-state index is -0.0503. The molecule has 1 atom stereocenters. The summed E-state index contributed by atoms with van der Waals surface area (Å²) in [4.78, 5) is 15.6. The molecular weight excluding hydrogens is 180 g/mol. The van der Waals surface area contributed by atoms with Gasteiger partial charge in [-0.15, -0.1) is 0 Å². The van der Waals surface area contributed by atoms with Gasteiger partial charge in [0.1, 0.15) is 0 Å². The molecule has 84 valence electrons. The fourth-order valence-electron chi connectivity index (χ4n) is 1.58. The van der Waals surface area contributed by atoms with E-state index >= 15 is 0 Å². The minimum Gasteiger partial charge on any atom is -0.330 e. The summed E-state index contributed by atoms with van der Waals surface area (Å²) in [6.45, 7) is 2.86. The van der Waals surface area contributed by atoms with Gasteiger partial charge in [-0.25, -0.2) is 5.48 Å². The van der Waals surface area contributed by atoms with Gasteiger partial charge in [0, 0.05) is 6.42 Å². The van der Waals surface area contributed by atoms with E-state index in [-0.39, 0.29) is 5.91 Å². The van der Waals surface area contributed by atoms with E-state index in [1.165, 1.54) is 7.11 Å². The van der Waals surface area contributed by atoms with Crippen molar-refractivity contribution in [2.45, 2.75) is 39.0 Å². The maximum Gasteiger partial charge on any atom is 0.243 e. The maximum absolute atomic E-state index is 11.1. The van der Waals surface area contributed by atoms with Gasteiger partial charge in [-0.3, -0.25) is 9.63 Å². The smallest absolute Gasteiger partial charge is 0.243 e. The molecule has 4 nitrogen and oxygen atoms in total. The molecule has 1 amide bonds. The van der Waals surface area contributed by atoms with Crippen LogP contribution in [0.15, 0.2) is 0 Å². The molecule has 0 fully saturated rings. The summed E-state index contributed by atoms with van der Waals surface area (Å²) >= 11 is 0. The van der Waals surface area contributed by atoms with Gasteiger partial charge in [-0.05, 0) is 25.3 Å². The molecule has 0 aromatic heterocycles. The van der Waals surface area contributed by atoms with Crippen molar-refractivity contribution >= 4 is 5.91 Å². The Hall–Kier alpha value is -0.610. The Labute approximate surface area is 86.1 Å². The van der Waals surface area contributed by atoms with Gasteiger partial charge in [0.25, 0.3) is 0 Å². The molecule has 0 aliphatic rings. The second-order valence-electron chi connectivity index (χ2n) is 3.50. The molecule has 0 aromatic rings. The quantitative estimate of drug-likeness (QED) is 0.581. The third kappa shape index (κ3) is 6.86. The molecule has 0 rings (SSSR count). The Morgan fingerprint density at radius 2 is 2.14 bits per heavy atom. The van der Waals surface area contributed by atoms with Gasteiger partial charge in [0.05, 0.1) is 7.11 Å². The van der Waals surface area contributed by atoms with Crippen molar-refractivity contribution in [2.24, 2.45) is 11.7 Å². The molecular formula is C10H22N2O2. The third-order valence-electron chi connectivity index (χ3n) is 2.27. The van der Waals surface area contributed by atoms with E-state index in [9.17, 15) is 4.79 Å². The van der Waals surface area contributed by atoms with Crippen molar-refractivity contribution in [2.75, 3.05) is 13.7 Å². The van der Waals surface area contributed by atoms with E-state index in [2.05, 4.69) is 17.2 Å². The van der Waals surface area contributed by atoms with Gasteiger partial charge in [-0.1, -0.05) is 19.8 Å². The van der Waals surface area contributed by atoms with Crippen LogP contribution in [0, 0.1) is 5.92 Å². The van der Waals surface area contributed by atoms with E-state index in [1.807, 2.05) is 0 Å². The molecule has 4 heteroatoms. The van der Waals surface area contributed by atoms with Crippen molar-refractivity contribution in [3.05, 3.63) is 0 Å². The number of nitrogens with two attached hydrogens (primary N) is 1. The zero-order chi connectivity index (χ0) is 10.8. The van der Waals surface area contributed by atoms with E-state index < -0.39 is 0 Å². The maximum atomic E-state index is 11.1. The van der Waals surface area contributed by atoms with Crippen LogP contribution in [0.1, 0.15) is 39.0 Å². The van der Waals surface area contributed by atoms with Crippen LogP contribution in [0.25, 0.3) is 0 Å². The van der Waals surface area contributed by atoms with Crippen LogP contribution in [0.4, 0.5) is 0 Å². The highest BCUT2D eigenvalue weighted by Crippen LogP contribution is 2.16. The van der Waals surface area contributed by atoms with Crippen LogP contribution in [-0.4, -0.2) is 19.6 Å². The Balaban J connectivity index is 3.63. The van der Waals surface area contributed by atoms with E-state index in [1.54, 1.807) is 0 Å². The van der Waals surface area contributed by atoms with Crippen molar-refractivity contribution in [1.29, 1.82) is 0 Å². The fourth-order valence-corrected chi connectivity index (χ4v) is 1.58. The Morgan fingerprint density at radius 1 is 1.43 bits per heavy atom. The highest BCUT2D eigenvalue weighted by molar-refractivity contribution is 5.74. The molecule has 0 saturated heterocycles. The number of carbonyl (C=O) groups excluding carboxylic acids is 1. The topological polar surface area (TPSA) is 64.4 Å². The van der Waals surface area contributed by atoms with Gasteiger partial charge in [0.15, 0.2) is 0 Å². The van der Waals surface area contributed by atoms with E-state index in [4.69, 9.17) is 5.73 Å². The van der Waals surface area contributed by atoms with Crippen LogP contribution in [0.5, 0.6) is 0 Å². The first-order valence-electron chi connectivity index (χ1n) is 5.26. The van der Waals surface area contributed by atoms with Crippen LogP contribution in [0.3, 0.4) is 0 Å². The molecule has 0 aliphatic heterocycles. The van der Waals surface area contributed by atoms with Gasteiger partial charge in [0.2, 0.25) is 5.91 Å². The van der Waals surface area contributed by atoms with Crippen LogP contribution < -0.4 is 11.2 Å². The largest absolute Gasteiger partial charge is 0.330 e. The van der Waals surface area contributed by atoms with E-state index in [0.717, 1.165) is 25.7 Å². The average molecular weight is 202 g/mol. The molecule has 3 N–H and O–H groups in total. The Morgan fingerprint density at radius 3 is 2.64 bits per heavy atom. The molecule has 0 heterocycles. The molecule has 0 saturated carbocycles. The molecule has 0 spiro atoms. The first kappa shape index (κ1) is 13.4. The summed E-state index contributed by atoms with van der Waals surface area (Å²) in [7, 11) is 1.45. The predicted molar refractivity (Wildman–Crippen MR) is 56.5 cm³/mol. The number of rotatable bonds is 8. The molecule has 0 aromatic carbocycles. The van der Waals surface area contributed by atoms with Crippen molar-refractivity contribution < 1.29 is 9.63 Å². The Kier molecular flexibility index (Phi) is 8.57. The standard InChI is InChI=1S/C10H22N2O2/c1-3-4-9(7-8-11)5-6-10(13)12-14-2/h9H,3-8,11H2,1-2H3,(H,12,13). The summed E-state index contributed by atoms with van der Waals surface area (Å²) in [6, 6.07) is 0. The van der Waals surface area contributed by atoms with Crippen molar-refractivity contribution in [3.8, 4) is 0 Å². The molecule has 1 unspecified atom stereocenters. The van der Waals surface area contributed by atoms with Crippen LogP contribution in [-0.2, 0) is 9.63 Å². The lowest BCUT2D eigenvalue weighted by atomic mass is 9.94. The molecule has 0 radical (unpaired) electrons. The lowest BCUT2D eigenvalue weighted by Gasteiger charge is -2.14. The summed E-state index contributed by atoms with van der Waals surface area (Å²) in [6.07, 6.45) is 4.74. The molecule has 14 heavy (non-hydrogen) atoms. The van der Waals surface area contributed by atoms with E-state index in [0.29, 0.717) is 18.9 Å². The third-order valence-corrected chi connectivity index (χ3v) is 2.27. The second-order valence-corrected chi connectivity index (χ2v) is 3.50. The Bertz CT molecular complexity index is 145. The van der Waals surface area contributed by atoms with Crippen LogP contribution >= 0.6 is 0 Å². The lowest BCUT2D eigenvalue weighted by molar-refractivity contribution is -0.131. The predicted octanol–water partition coefficient (Wildman–Crippen LogP) is 1.21. The van der Waals surface area contributed by atoms with Gasteiger partial charge in [-0.2, -0.15) is 0 Å². The number of carbonyl (C=O) groups is 1. The summed E-state index contributed by atoms with van der Waals surface area (Å²) in [5, 5.41) is 0. The fraction of sp³-hybridized carbons (Fsp3) is 0.900. The van der Waals surface area contributed by atoms with Crippen LogP contribution in [0.2, 0.25) is 0 Å². The minimum absolute atomic E-state index is 0.0503. The number of hydrogen-bond donors (Lipinski definition) is 2.